The van der Waals surface area contributed by atoms with Crippen molar-refractivity contribution in [3.63, 3.8) is 0 Å². The van der Waals surface area contributed by atoms with Crippen molar-refractivity contribution in [3.8, 4) is 6.07 Å². The molecule has 2 aromatic rings. The maximum atomic E-state index is 11.3. The van der Waals surface area contributed by atoms with Crippen molar-refractivity contribution in [2.24, 2.45) is 10.2 Å². The molecule has 17 heavy (non-hydrogen) atoms. The lowest BCUT2D eigenvalue weighted by atomic mass is 10.2. The summed E-state index contributed by atoms with van der Waals surface area (Å²) >= 11 is 0. The third kappa shape index (κ3) is 2.29. The number of aromatic nitrogens is 2. The van der Waals surface area contributed by atoms with Crippen molar-refractivity contribution in [3.05, 3.63) is 45.9 Å². The van der Waals surface area contributed by atoms with E-state index in [-0.39, 0.29) is 11.2 Å². The van der Waals surface area contributed by atoms with Crippen LogP contribution in [0.3, 0.4) is 0 Å². The van der Waals surface area contributed by atoms with Crippen LogP contribution in [0.4, 0.5) is 11.4 Å². The number of rotatable bonds is 2. The topological polar surface area (TPSA) is 97.2 Å². The Hall–Kier alpha value is -2.68. The first-order chi connectivity index (χ1) is 8.20. The number of benzene rings is 1. The highest BCUT2D eigenvalue weighted by Crippen LogP contribution is 2.17. The van der Waals surface area contributed by atoms with Crippen molar-refractivity contribution < 1.29 is 0 Å². The maximum absolute atomic E-state index is 11.3. The van der Waals surface area contributed by atoms with Gasteiger partial charge in [-0.1, -0.05) is 6.07 Å². The predicted octanol–water partition coefficient (Wildman–Crippen LogP) is 2.30. The third-order valence-corrected chi connectivity index (χ3v) is 2.17. The van der Waals surface area contributed by atoms with Gasteiger partial charge in [-0.3, -0.25) is 9.89 Å². The van der Waals surface area contributed by atoms with Gasteiger partial charge in [-0.25, -0.2) is 0 Å². The second-order valence-corrected chi connectivity index (χ2v) is 3.41. The molecule has 0 bridgehead atoms. The van der Waals surface area contributed by atoms with Gasteiger partial charge in [0.1, 0.15) is 0 Å². The van der Waals surface area contributed by atoms with E-state index in [2.05, 4.69) is 20.4 Å². The highest BCUT2D eigenvalue weighted by molar-refractivity contribution is 5.45. The van der Waals surface area contributed by atoms with E-state index in [1.54, 1.807) is 31.2 Å². The zero-order chi connectivity index (χ0) is 12.3. The van der Waals surface area contributed by atoms with E-state index in [9.17, 15) is 4.79 Å². The fourth-order valence-corrected chi connectivity index (χ4v) is 1.31. The number of hydrogen-bond acceptors (Lipinski definition) is 4. The summed E-state index contributed by atoms with van der Waals surface area (Å²) in [5.41, 5.74) is 1.58. The predicted molar refractivity (Wildman–Crippen MR) is 61.5 cm³/mol. The Morgan fingerprint density at radius 2 is 2.12 bits per heavy atom. The van der Waals surface area contributed by atoms with E-state index < -0.39 is 0 Å². The van der Waals surface area contributed by atoms with Gasteiger partial charge in [0, 0.05) is 0 Å². The van der Waals surface area contributed by atoms with E-state index in [1.807, 2.05) is 6.07 Å². The van der Waals surface area contributed by atoms with Crippen LogP contribution in [0, 0.1) is 18.3 Å². The Labute approximate surface area is 96.6 Å². The van der Waals surface area contributed by atoms with E-state index in [0.717, 1.165) is 0 Å². The third-order valence-electron chi connectivity index (χ3n) is 2.17. The lowest BCUT2D eigenvalue weighted by Crippen LogP contribution is -1.96. The number of azo groups is 1. The molecule has 0 radical (unpaired) electrons. The number of nitrogens with one attached hydrogen (secondary N) is 2. The van der Waals surface area contributed by atoms with Crippen LogP contribution >= 0.6 is 0 Å². The minimum Gasteiger partial charge on any atom is -0.300 e. The van der Waals surface area contributed by atoms with Crippen molar-refractivity contribution in [1.29, 1.82) is 5.26 Å². The number of hydrogen-bond donors (Lipinski definition) is 2. The summed E-state index contributed by atoms with van der Waals surface area (Å²) in [7, 11) is 0. The SMILES string of the molecule is Cc1[nH][nH]c(=O)c1N=Nc1cccc(C#N)c1. The normalized spacial score (nSPS) is 10.6. The Bertz CT molecular complexity index is 659. The molecule has 0 aliphatic heterocycles. The monoisotopic (exact) mass is 227 g/mol. The summed E-state index contributed by atoms with van der Waals surface area (Å²) < 4.78 is 0. The molecular weight excluding hydrogens is 218 g/mol. The minimum atomic E-state index is -0.317. The first-order valence-corrected chi connectivity index (χ1v) is 4.90. The molecule has 0 aliphatic rings. The zero-order valence-corrected chi connectivity index (χ0v) is 9.06. The average molecular weight is 227 g/mol. The molecule has 84 valence electrons. The second kappa shape index (κ2) is 4.45. The Morgan fingerprint density at radius 1 is 1.29 bits per heavy atom. The first kappa shape index (κ1) is 10.8. The van der Waals surface area contributed by atoms with Gasteiger partial charge in [0.05, 0.1) is 23.0 Å². The van der Waals surface area contributed by atoms with E-state index in [1.165, 1.54) is 0 Å². The summed E-state index contributed by atoms with van der Waals surface area (Å²) in [6.45, 7) is 1.72. The van der Waals surface area contributed by atoms with Crippen LogP contribution in [-0.2, 0) is 0 Å². The standard InChI is InChI=1S/C11H9N5O/c1-7-10(11(17)16-13-7)15-14-9-4-2-3-8(5-9)6-12/h2-5H,1H3,(H2,13,16,17). The molecule has 2 rings (SSSR count). The molecule has 2 N–H and O–H groups in total. The van der Waals surface area contributed by atoms with Crippen LogP contribution in [0.25, 0.3) is 0 Å². The van der Waals surface area contributed by atoms with Crippen molar-refractivity contribution in [2.45, 2.75) is 6.92 Å². The molecule has 0 unspecified atom stereocenters. The number of aryl methyl sites for hydroxylation is 1. The fraction of sp³-hybridized carbons (Fsp3) is 0.0909. The molecule has 1 aromatic carbocycles. The molecule has 1 aromatic heterocycles. The summed E-state index contributed by atoms with van der Waals surface area (Å²) in [6.07, 6.45) is 0. The van der Waals surface area contributed by atoms with Gasteiger partial charge in [-0.15, -0.1) is 5.11 Å². The number of nitriles is 1. The molecule has 6 heteroatoms. The van der Waals surface area contributed by atoms with Crippen LogP contribution in [-0.4, -0.2) is 10.2 Å². The number of H-pyrrole nitrogens is 2. The highest BCUT2D eigenvalue weighted by atomic mass is 16.1. The lowest BCUT2D eigenvalue weighted by molar-refractivity contribution is 1.02. The van der Waals surface area contributed by atoms with Gasteiger partial charge < -0.3 is 5.10 Å². The Kier molecular flexibility index (Phi) is 2.83. The van der Waals surface area contributed by atoms with Crippen molar-refractivity contribution >= 4 is 11.4 Å². The van der Waals surface area contributed by atoms with Crippen molar-refractivity contribution in [1.82, 2.24) is 10.2 Å². The molecule has 6 nitrogen and oxygen atoms in total. The molecule has 0 atom stereocenters. The Balaban J connectivity index is 2.33. The quantitative estimate of drug-likeness (QED) is 0.769. The zero-order valence-electron chi connectivity index (χ0n) is 9.06. The van der Waals surface area contributed by atoms with Gasteiger partial charge in [0.25, 0.3) is 5.56 Å². The van der Waals surface area contributed by atoms with Gasteiger partial charge in [0.2, 0.25) is 0 Å². The number of nitrogens with zero attached hydrogens (tertiary/aromatic N) is 3. The van der Waals surface area contributed by atoms with Gasteiger partial charge >= 0.3 is 0 Å². The van der Waals surface area contributed by atoms with Gasteiger partial charge in [-0.05, 0) is 25.1 Å². The fourth-order valence-electron chi connectivity index (χ4n) is 1.31. The summed E-state index contributed by atoms with van der Waals surface area (Å²) in [5.74, 6) is 0. The Morgan fingerprint density at radius 3 is 2.76 bits per heavy atom. The molecule has 0 saturated heterocycles. The first-order valence-electron chi connectivity index (χ1n) is 4.90. The maximum Gasteiger partial charge on any atom is 0.291 e. The molecule has 0 aliphatic carbocycles. The summed E-state index contributed by atoms with van der Waals surface area (Å²) in [6, 6.07) is 8.70. The number of aromatic amines is 2. The minimum absolute atomic E-state index is 0.243. The molecular formula is C11H9N5O. The van der Waals surface area contributed by atoms with Gasteiger partial charge in [-0.2, -0.15) is 10.4 Å². The van der Waals surface area contributed by atoms with E-state index >= 15 is 0 Å². The van der Waals surface area contributed by atoms with E-state index in [0.29, 0.717) is 16.9 Å². The van der Waals surface area contributed by atoms with Crippen LogP contribution in [0.15, 0.2) is 39.3 Å². The van der Waals surface area contributed by atoms with Crippen LogP contribution < -0.4 is 5.56 Å². The van der Waals surface area contributed by atoms with Crippen molar-refractivity contribution in [2.75, 3.05) is 0 Å². The summed E-state index contributed by atoms with van der Waals surface area (Å²) in [4.78, 5) is 11.3. The average Bonchev–Trinajstić information content (AvgIpc) is 2.67. The highest BCUT2D eigenvalue weighted by Gasteiger charge is 2.03. The molecule has 0 amide bonds. The van der Waals surface area contributed by atoms with Crippen LogP contribution in [0.5, 0.6) is 0 Å². The smallest absolute Gasteiger partial charge is 0.291 e. The molecule has 0 fully saturated rings. The molecule has 0 saturated carbocycles. The lowest BCUT2D eigenvalue weighted by Gasteiger charge is -1.92. The van der Waals surface area contributed by atoms with Crippen LogP contribution in [0.1, 0.15) is 11.3 Å². The summed E-state index contributed by atoms with van der Waals surface area (Å²) in [5, 5.41) is 21.5. The molecule has 1 heterocycles. The largest absolute Gasteiger partial charge is 0.300 e. The second-order valence-electron chi connectivity index (χ2n) is 3.41. The van der Waals surface area contributed by atoms with Gasteiger partial charge in [0.15, 0.2) is 5.69 Å². The van der Waals surface area contributed by atoms with E-state index in [4.69, 9.17) is 5.26 Å². The van der Waals surface area contributed by atoms with Crippen LogP contribution in [0.2, 0.25) is 0 Å². The molecule has 0 spiro atoms.